The fraction of sp³-hybridized carbons (Fsp3) is 0.333. The van der Waals surface area contributed by atoms with Gasteiger partial charge in [0.05, 0.1) is 17.5 Å². The molecule has 3 N–H and O–H groups in total. The Morgan fingerprint density at radius 2 is 1.60 bits per heavy atom. The third-order valence-corrected chi connectivity index (χ3v) is 5.73. The molecule has 30 heavy (non-hydrogen) atoms. The lowest BCUT2D eigenvalue weighted by Crippen LogP contribution is -2.44. The van der Waals surface area contributed by atoms with Gasteiger partial charge in [0.2, 0.25) is 21.8 Å². The van der Waals surface area contributed by atoms with Gasteiger partial charge >= 0.3 is 0 Å². The first-order chi connectivity index (χ1) is 14.2. The van der Waals surface area contributed by atoms with Crippen LogP contribution in [0.2, 0.25) is 0 Å². The molecule has 0 heterocycles. The molecule has 0 aliphatic heterocycles. The van der Waals surface area contributed by atoms with Gasteiger partial charge in [0.1, 0.15) is 0 Å². The molecule has 0 aliphatic carbocycles. The van der Waals surface area contributed by atoms with Gasteiger partial charge in [-0.05, 0) is 49.2 Å². The summed E-state index contributed by atoms with van der Waals surface area (Å²) >= 11 is 0. The highest BCUT2D eigenvalue weighted by Gasteiger charge is 2.22. The maximum atomic E-state index is 12.5. The van der Waals surface area contributed by atoms with Crippen molar-refractivity contribution in [3.05, 3.63) is 59.7 Å². The summed E-state index contributed by atoms with van der Waals surface area (Å²) in [6.07, 6.45) is 0. The third-order valence-electron chi connectivity index (χ3n) is 4.17. The van der Waals surface area contributed by atoms with Gasteiger partial charge in [-0.3, -0.25) is 9.59 Å². The van der Waals surface area contributed by atoms with Crippen molar-refractivity contribution < 1.29 is 22.7 Å². The molecule has 0 saturated carbocycles. The molecule has 2 rings (SSSR count). The maximum Gasteiger partial charge on any atom is 0.241 e. The number of sulfonamides is 1. The second-order valence-electron chi connectivity index (χ2n) is 6.72. The average molecular weight is 434 g/mol. The second-order valence-corrected chi connectivity index (χ2v) is 8.43. The first-order valence-electron chi connectivity index (χ1n) is 9.54. The molecule has 0 unspecified atom stereocenters. The zero-order valence-electron chi connectivity index (χ0n) is 17.3. The number of carbonyl (C=O) groups excluding carboxylic acids is 2. The SMILES string of the molecule is CCOCc1ccc(CNC(=O)[C@H](C)NS(=O)(=O)c2ccc(NC(C)=O)cc2)cc1. The molecule has 2 amide bonds. The molecule has 0 aromatic heterocycles. The molecular weight excluding hydrogens is 406 g/mol. The lowest BCUT2D eigenvalue weighted by atomic mass is 10.1. The van der Waals surface area contributed by atoms with E-state index in [0.29, 0.717) is 18.9 Å². The van der Waals surface area contributed by atoms with Crippen molar-refractivity contribution in [1.82, 2.24) is 10.0 Å². The van der Waals surface area contributed by atoms with E-state index in [1.54, 1.807) is 0 Å². The summed E-state index contributed by atoms with van der Waals surface area (Å²) in [5.41, 5.74) is 2.42. The standard InChI is InChI=1S/C21H27N3O5S/c1-4-29-14-18-7-5-17(6-8-18)13-22-21(26)15(2)24-30(27,28)20-11-9-19(10-12-20)23-16(3)25/h5-12,15,24H,4,13-14H2,1-3H3,(H,22,26)(H,23,25)/t15-/m0/s1. The summed E-state index contributed by atoms with van der Waals surface area (Å²) in [5, 5.41) is 5.28. The molecule has 2 aromatic rings. The summed E-state index contributed by atoms with van der Waals surface area (Å²) < 4.78 is 32.7. The summed E-state index contributed by atoms with van der Waals surface area (Å²) in [4.78, 5) is 23.4. The monoisotopic (exact) mass is 433 g/mol. The zero-order chi connectivity index (χ0) is 22.1. The molecule has 0 saturated heterocycles. The molecule has 1 atom stereocenters. The quantitative estimate of drug-likeness (QED) is 0.531. The van der Waals surface area contributed by atoms with E-state index in [1.807, 2.05) is 31.2 Å². The third kappa shape index (κ3) is 7.25. The van der Waals surface area contributed by atoms with Crippen LogP contribution in [-0.4, -0.2) is 32.9 Å². The Morgan fingerprint density at radius 1 is 1.00 bits per heavy atom. The van der Waals surface area contributed by atoms with Crippen LogP contribution in [0, 0.1) is 0 Å². The number of hydrogen-bond acceptors (Lipinski definition) is 5. The predicted molar refractivity (Wildman–Crippen MR) is 114 cm³/mol. The number of amides is 2. The smallest absolute Gasteiger partial charge is 0.241 e. The second kappa shape index (κ2) is 10.9. The van der Waals surface area contributed by atoms with Crippen molar-refractivity contribution in [2.75, 3.05) is 11.9 Å². The first-order valence-corrected chi connectivity index (χ1v) is 11.0. The van der Waals surface area contributed by atoms with E-state index in [2.05, 4.69) is 15.4 Å². The fourth-order valence-electron chi connectivity index (χ4n) is 2.59. The lowest BCUT2D eigenvalue weighted by Gasteiger charge is -2.15. The highest BCUT2D eigenvalue weighted by atomic mass is 32.2. The van der Waals surface area contributed by atoms with Crippen LogP contribution in [0.5, 0.6) is 0 Å². The Kier molecular flexibility index (Phi) is 8.52. The Balaban J connectivity index is 1.90. The number of carbonyl (C=O) groups is 2. The molecule has 0 fully saturated rings. The van der Waals surface area contributed by atoms with E-state index < -0.39 is 22.0 Å². The van der Waals surface area contributed by atoms with Gasteiger partial charge in [0.15, 0.2) is 0 Å². The van der Waals surface area contributed by atoms with Gasteiger partial charge in [0.25, 0.3) is 0 Å². The largest absolute Gasteiger partial charge is 0.377 e. The molecule has 162 valence electrons. The lowest BCUT2D eigenvalue weighted by molar-refractivity contribution is -0.122. The van der Waals surface area contributed by atoms with Crippen LogP contribution in [0.15, 0.2) is 53.4 Å². The summed E-state index contributed by atoms with van der Waals surface area (Å²) in [7, 11) is -3.88. The molecule has 9 heteroatoms. The van der Waals surface area contributed by atoms with Crippen LogP contribution in [0.4, 0.5) is 5.69 Å². The Bertz CT molecular complexity index is 957. The van der Waals surface area contributed by atoms with Gasteiger partial charge in [0, 0.05) is 25.8 Å². The highest BCUT2D eigenvalue weighted by Crippen LogP contribution is 2.14. The van der Waals surface area contributed by atoms with Crippen molar-refractivity contribution in [2.45, 2.75) is 44.9 Å². The van der Waals surface area contributed by atoms with Crippen molar-refractivity contribution in [3.63, 3.8) is 0 Å². The van der Waals surface area contributed by atoms with E-state index >= 15 is 0 Å². The summed E-state index contributed by atoms with van der Waals surface area (Å²) in [5.74, 6) is -0.690. The minimum atomic E-state index is -3.88. The zero-order valence-corrected chi connectivity index (χ0v) is 18.1. The minimum Gasteiger partial charge on any atom is -0.377 e. The predicted octanol–water partition coefficient (Wildman–Crippen LogP) is 2.16. The van der Waals surface area contributed by atoms with E-state index in [1.165, 1.54) is 38.1 Å². The van der Waals surface area contributed by atoms with Crippen molar-refractivity contribution in [3.8, 4) is 0 Å². The molecule has 2 aromatic carbocycles. The van der Waals surface area contributed by atoms with Gasteiger partial charge in [-0.1, -0.05) is 24.3 Å². The minimum absolute atomic E-state index is 0.00105. The van der Waals surface area contributed by atoms with Crippen molar-refractivity contribution in [1.29, 1.82) is 0 Å². The maximum absolute atomic E-state index is 12.5. The number of ether oxygens (including phenoxy) is 1. The number of benzene rings is 2. The van der Waals surface area contributed by atoms with Gasteiger partial charge in [-0.25, -0.2) is 8.42 Å². The summed E-state index contributed by atoms with van der Waals surface area (Å²) in [6.45, 7) is 6.23. The Morgan fingerprint density at radius 3 is 2.17 bits per heavy atom. The highest BCUT2D eigenvalue weighted by molar-refractivity contribution is 7.89. The van der Waals surface area contributed by atoms with Crippen LogP contribution in [0.25, 0.3) is 0 Å². The molecule has 8 nitrogen and oxygen atoms in total. The van der Waals surface area contributed by atoms with Crippen molar-refractivity contribution in [2.24, 2.45) is 0 Å². The number of rotatable bonds is 10. The molecule has 0 spiro atoms. The fourth-order valence-corrected chi connectivity index (χ4v) is 3.79. The number of hydrogen-bond donors (Lipinski definition) is 3. The normalized spacial score (nSPS) is 12.2. The van der Waals surface area contributed by atoms with Gasteiger partial charge < -0.3 is 15.4 Å². The first kappa shape index (κ1) is 23.5. The van der Waals surface area contributed by atoms with Crippen LogP contribution < -0.4 is 15.4 Å². The number of anilines is 1. The van der Waals surface area contributed by atoms with E-state index in [9.17, 15) is 18.0 Å². The van der Waals surface area contributed by atoms with Crippen LogP contribution >= 0.6 is 0 Å². The van der Waals surface area contributed by atoms with Crippen LogP contribution in [0.3, 0.4) is 0 Å². The Labute approximate surface area is 177 Å². The molecule has 0 aliphatic rings. The van der Waals surface area contributed by atoms with E-state index in [4.69, 9.17) is 4.74 Å². The topological polar surface area (TPSA) is 114 Å². The Hall–Kier alpha value is -2.75. The molecular formula is C21H27N3O5S. The van der Waals surface area contributed by atoms with Crippen LogP contribution in [0.1, 0.15) is 31.9 Å². The van der Waals surface area contributed by atoms with E-state index in [-0.39, 0.29) is 17.3 Å². The van der Waals surface area contributed by atoms with Crippen LogP contribution in [-0.2, 0) is 37.5 Å². The van der Waals surface area contributed by atoms with E-state index in [0.717, 1.165) is 11.1 Å². The summed E-state index contributed by atoms with van der Waals surface area (Å²) in [6, 6.07) is 12.4. The number of nitrogens with one attached hydrogen (secondary N) is 3. The van der Waals surface area contributed by atoms with Gasteiger partial charge in [-0.2, -0.15) is 4.72 Å². The van der Waals surface area contributed by atoms with Crippen molar-refractivity contribution >= 4 is 27.5 Å². The van der Waals surface area contributed by atoms with Gasteiger partial charge in [-0.15, -0.1) is 0 Å². The average Bonchev–Trinajstić information content (AvgIpc) is 2.70. The molecule has 0 radical (unpaired) electrons. The molecule has 0 bridgehead atoms.